The fraction of sp³-hybridized carbons (Fsp3) is 0.154. The lowest BCUT2D eigenvalue weighted by Crippen LogP contribution is -2.13. The zero-order valence-electron chi connectivity index (χ0n) is 18.2. The lowest BCUT2D eigenvalue weighted by atomic mass is 9.98. The van der Waals surface area contributed by atoms with Crippen molar-refractivity contribution in [3.05, 3.63) is 93.9 Å². The minimum absolute atomic E-state index is 0.358. The molecule has 1 amide bonds. The number of anilines is 1. The van der Waals surface area contributed by atoms with Crippen molar-refractivity contribution in [3.8, 4) is 22.4 Å². The number of aromatic nitrogens is 1. The lowest BCUT2D eigenvalue weighted by molar-refractivity contribution is -0.137. The van der Waals surface area contributed by atoms with E-state index in [4.69, 9.17) is 0 Å². The number of carbonyl (C=O) groups excluding carboxylic acids is 1. The standard InChI is InChI=1S/C26H21F3N2OS/c1-15-12-16(2)23(17(3)13-15)22-14-33-25(30-22)31-24(32)21-7-5-4-6-20(21)18-8-10-19(11-9-18)26(27,28)29/h4-14H,1-3H3,(H,30,31,32). The van der Waals surface area contributed by atoms with E-state index >= 15 is 0 Å². The summed E-state index contributed by atoms with van der Waals surface area (Å²) in [5, 5.41) is 5.19. The van der Waals surface area contributed by atoms with Crippen LogP contribution in [0.5, 0.6) is 0 Å². The summed E-state index contributed by atoms with van der Waals surface area (Å²) in [5.74, 6) is -0.372. The Balaban J connectivity index is 1.60. The third kappa shape index (κ3) is 4.83. The van der Waals surface area contributed by atoms with E-state index in [1.165, 1.54) is 29.0 Å². The van der Waals surface area contributed by atoms with Gasteiger partial charge in [0.1, 0.15) is 0 Å². The first kappa shape index (κ1) is 22.7. The summed E-state index contributed by atoms with van der Waals surface area (Å²) >= 11 is 1.33. The Hall–Kier alpha value is -3.45. The van der Waals surface area contributed by atoms with Crippen LogP contribution >= 0.6 is 11.3 Å². The molecule has 0 saturated heterocycles. The Morgan fingerprint density at radius 1 is 0.939 bits per heavy atom. The molecule has 0 aliphatic heterocycles. The molecule has 1 N–H and O–H groups in total. The fourth-order valence-corrected chi connectivity index (χ4v) is 4.66. The van der Waals surface area contributed by atoms with E-state index in [-0.39, 0.29) is 5.91 Å². The van der Waals surface area contributed by atoms with Gasteiger partial charge in [-0.15, -0.1) is 11.3 Å². The zero-order chi connectivity index (χ0) is 23.8. The maximum atomic E-state index is 13.0. The van der Waals surface area contributed by atoms with Crippen molar-refractivity contribution in [1.29, 1.82) is 0 Å². The smallest absolute Gasteiger partial charge is 0.298 e. The Bertz CT molecular complexity index is 1300. The zero-order valence-corrected chi connectivity index (χ0v) is 19.1. The highest BCUT2D eigenvalue weighted by Crippen LogP contribution is 2.33. The number of alkyl halides is 3. The summed E-state index contributed by atoms with van der Waals surface area (Å²) in [6.45, 7) is 6.12. The fourth-order valence-electron chi connectivity index (χ4n) is 3.97. The highest BCUT2D eigenvalue weighted by atomic mass is 32.1. The lowest BCUT2D eigenvalue weighted by Gasteiger charge is -2.11. The Morgan fingerprint density at radius 3 is 2.21 bits per heavy atom. The van der Waals surface area contributed by atoms with Gasteiger partial charge in [0.25, 0.3) is 5.91 Å². The van der Waals surface area contributed by atoms with Gasteiger partial charge in [-0.3, -0.25) is 10.1 Å². The number of hydrogen-bond donors (Lipinski definition) is 1. The molecule has 0 radical (unpaired) electrons. The highest BCUT2D eigenvalue weighted by Gasteiger charge is 2.30. The molecule has 1 heterocycles. The molecular weight excluding hydrogens is 445 g/mol. The molecule has 0 saturated carbocycles. The normalized spacial score (nSPS) is 11.5. The number of rotatable bonds is 4. The largest absolute Gasteiger partial charge is 0.416 e. The number of benzene rings is 3. The van der Waals surface area contributed by atoms with Crippen LogP contribution in [-0.4, -0.2) is 10.9 Å². The van der Waals surface area contributed by atoms with E-state index in [0.717, 1.165) is 34.5 Å². The maximum absolute atomic E-state index is 13.0. The van der Waals surface area contributed by atoms with Crippen LogP contribution in [-0.2, 0) is 6.18 Å². The van der Waals surface area contributed by atoms with E-state index in [0.29, 0.717) is 21.8 Å². The van der Waals surface area contributed by atoms with Crippen LogP contribution in [0.4, 0.5) is 18.3 Å². The van der Waals surface area contributed by atoms with Gasteiger partial charge in [-0.1, -0.05) is 48.0 Å². The van der Waals surface area contributed by atoms with E-state index in [1.807, 2.05) is 26.2 Å². The van der Waals surface area contributed by atoms with Gasteiger partial charge in [-0.2, -0.15) is 13.2 Å². The molecule has 3 aromatic carbocycles. The average molecular weight is 467 g/mol. The predicted molar refractivity (Wildman–Crippen MR) is 127 cm³/mol. The summed E-state index contributed by atoms with van der Waals surface area (Å²) in [5.41, 5.74) is 5.94. The molecule has 0 fully saturated rings. The second kappa shape index (κ2) is 8.83. The van der Waals surface area contributed by atoms with Crippen molar-refractivity contribution in [2.75, 3.05) is 5.32 Å². The Kier molecular flexibility index (Phi) is 6.08. The van der Waals surface area contributed by atoms with Crippen LogP contribution < -0.4 is 5.32 Å². The van der Waals surface area contributed by atoms with E-state index in [1.54, 1.807) is 24.3 Å². The molecule has 0 aliphatic rings. The molecule has 0 atom stereocenters. The maximum Gasteiger partial charge on any atom is 0.416 e. The molecule has 0 unspecified atom stereocenters. The van der Waals surface area contributed by atoms with Crippen LogP contribution in [0.1, 0.15) is 32.6 Å². The van der Waals surface area contributed by atoms with Gasteiger partial charge in [-0.05, 0) is 61.2 Å². The molecule has 1 aromatic heterocycles. The van der Waals surface area contributed by atoms with Crippen LogP contribution in [0, 0.1) is 20.8 Å². The average Bonchev–Trinajstić information content (AvgIpc) is 3.20. The van der Waals surface area contributed by atoms with Gasteiger partial charge < -0.3 is 0 Å². The number of aryl methyl sites for hydroxylation is 3. The third-order valence-electron chi connectivity index (χ3n) is 5.35. The molecule has 33 heavy (non-hydrogen) atoms. The van der Waals surface area contributed by atoms with Gasteiger partial charge in [0, 0.05) is 16.5 Å². The van der Waals surface area contributed by atoms with Crippen LogP contribution in [0.25, 0.3) is 22.4 Å². The first-order chi connectivity index (χ1) is 15.6. The molecule has 7 heteroatoms. The summed E-state index contributed by atoms with van der Waals surface area (Å²) < 4.78 is 38.7. The number of amides is 1. The minimum Gasteiger partial charge on any atom is -0.298 e. The number of nitrogens with one attached hydrogen (secondary N) is 1. The molecule has 4 aromatic rings. The van der Waals surface area contributed by atoms with Crippen LogP contribution in [0.15, 0.2) is 66.0 Å². The minimum atomic E-state index is -4.41. The van der Waals surface area contributed by atoms with Crippen molar-refractivity contribution in [1.82, 2.24) is 4.98 Å². The summed E-state index contributed by atoms with van der Waals surface area (Å²) in [6, 6.07) is 15.8. The first-order valence-corrected chi connectivity index (χ1v) is 11.1. The summed E-state index contributed by atoms with van der Waals surface area (Å²) in [6.07, 6.45) is -4.41. The van der Waals surface area contributed by atoms with Crippen molar-refractivity contribution in [2.24, 2.45) is 0 Å². The number of hydrogen-bond acceptors (Lipinski definition) is 3. The van der Waals surface area contributed by atoms with Gasteiger partial charge in [0.15, 0.2) is 5.13 Å². The van der Waals surface area contributed by atoms with Crippen molar-refractivity contribution in [2.45, 2.75) is 26.9 Å². The van der Waals surface area contributed by atoms with Crippen molar-refractivity contribution in [3.63, 3.8) is 0 Å². The van der Waals surface area contributed by atoms with Gasteiger partial charge in [0.2, 0.25) is 0 Å². The predicted octanol–water partition coefficient (Wildman–Crippen LogP) is 7.67. The number of nitrogens with zero attached hydrogens (tertiary/aromatic N) is 1. The third-order valence-corrected chi connectivity index (χ3v) is 6.11. The molecule has 168 valence electrons. The van der Waals surface area contributed by atoms with E-state index in [2.05, 4.69) is 22.4 Å². The Labute approximate surface area is 193 Å². The molecule has 3 nitrogen and oxygen atoms in total. The van der Waals surface area contributed by atoms with Crippen LogP contribution in [0.2, 0.25) is 0 Å². The van der Waals surface area contributed by atoms with Gasteiger partial charge in [-0.25, -0.2) is 4.98 Å². The number of carbonyl (C=O) groups is 1. The van der Waals surface area contributed by atoms with Crippen LogP contribution in [0.3, 0.4) is 0 Å². The highest BCUT2D eigenvalue weighted by molar-refractivity contribution is 7.14. The first-order valence-electron chi connectivity index (χ1n) is 10.3. The molecular formula is C26H21F3N2OS. The number of thiazole rings is 1. The van der Waals surface area contributed by atoms with Crippen molar-refractivity contribution >= 4 is 22.4 Å². The van der Waals surface area contributed by atoms with Gasteiger partial charge >= 0.3 is 6.18 Å². The summed E-state index contributed by atoms with van der Waals surface area (Å²) in [4.78, 5) is 17.6. The monoisotopic (exact) mass is 466 g/mol. The van der Waals surface area contributed by atoms with E-state index in [9.17, 15) is 18.0 Å². The van der Waals surface area contributed by atoms with Gasteiger partial charge in [0.05, 0.1) is 11.3 Å². The Morgan fingerprint density at radius 2 is 1.58 bits per heavy atom. The SMILES string of the molecule is Cc1cc(C)c(-c2csc(NC(=O)c3ccccc3-c3ccc(C(F)(F)F)cc3)n2)c(C)c1. The molecule has 4 rings (SSSR count). The molecule has 0 aliphatic carbocycles. The second-order valence-corrected chi connectivity index (χ2v) is 8.74. The topological polar surface area (TPSA) is 42.0 Å². The number of halogens is 3. The molecule has 0 bridgehead atoms. The van der Waals surface area contributed by atoms with E-state index < -0.39 is 11.7 Å². The van der Waals surface area contributed by atoms with Crippen molar-refractivity contribution < 1.29 is 18.0 Å². The quantitative estimate of drug-likeness (QED) is 0.335. The second-order valence-electron chi connectivity index (χ2n) is 7.89. The molecule has 0 spiro atoms. The summed E-state index contributed by atoms with van der Waals surface area (Å²) in [7, 11) is 0.